The van der Waals surface area contributed by atoms with Crippen LogP contribution in [0.4, 0.5) is 0 Å². The molecule has 0 unspecified atom stereocenters. The number of methoxy groups -OCH3 is 1. The van der Waals surface area contributed by atoms with Crippen LogP contribution in [0.25, 0.3) is 0 Å². The second kappa shape index (κ2) is 6.92. The Hall–Kier alpha value is -0.670. The molecule has 0 spiro atoms. The van der Waals surface area contributed by atoms with Crippen LogP contribution in [-0.4, -0.2) is 19.4 Å². The minimum atomic E-state index is 0.481. The molecule has 0 fully saturated rings. The normalized spacial score (nSPS) is 10.9. The quantitative estimate of drug-likeness (QED) is 0.600. The molecule has 0 bridgehead atoms. The highest BCUT2D eigenvalue weighted by Gasteiger charge is 2.10. The van der Waals surface area contributed by atoms with Crippen molar-refractivity contribution in [2.75, 3.05) is 19.4 Å². The van der Waals surface area contributed by atoms with E-state index in [0.29, 0.717) is 5.92 Å². The number of thiol groups is 1. The molecule has 0 aliphatic carbocycles. The van der Waals surface area contributed by atoms with Crippen molar-refractivity contribution in [1.82, 2.24) is 5.32 Å². The van der Waals surface area contributed by atoms with Crippen LogP contribution in [0.5, 0.6) is 5.75 Å². The van der Waals surface area contributed by atoms with Crippen molar-refractivity contribution in [3.63, 3.8) is 0 Å². The number of nitrogens with one attached hydrogen (secondary N) is 1. The molecule has 0 heterocycles. The zero-order valence-corrected chi connectivity index (χ0v) is 12.1. The van der Waals surface area contributed by atoms with Gasteiger partial charge in [0.15, 0.2) is 0 Å². The zero-order chi connectivity index (χ0) is 12.8. The molecule has 0 aliphatic rings. The lowest BCUT2D eigenvalue weighted by molar-refractivity contribution is 0.407. The summed E-state index contributed by atoms with van der Waals surface area (Å²) in [5.74, 6) is 2.34. The summed E-state index contributed by atoms with van der Waals surface area (Å²) in [5.41, 5.74) is 3.90. The molecule has 0 saturated carbocycles. The first-order valence-corrected chi connectivity index (χ1v) is 6.72. The van der Waals surface area contributed by atoms with E-state index in [-0.39, 0.29) is 0 Å². The van der Waals surface area contributed by atoms with E-state index < -0.39 is 0 Å². The van der Waals surface area contributed by atoms with E-state index in [1.54, 1.807) is 7.11 Å². The minimum Gasteiger partial charge on any atom is -0.496 e. The van der Waals surface area contributed by atoms with Crippen LogP contribution < -0.4 is 10.1 Å². The number of hydrogen-bond acceptors (Lipinski definition) is 3. The Labute approximate surface area is 110 Å². The molecular weight excluding hydrogens is 230 g/mol. The van der Waals surface area contributed by atoms with Gasteiger partial charge in [-0.05, 0) is 35.6 Å². The third kappa shape index (κ3) is 3.93. The monoisotopic (exact) mass is 253 g/mol. The van der Waals surface area contributed by atoms with Gasteiger partial charge in [-0.1, -0.05) is 19.9 Å². The number of hydrogen-bond donors (Lipinski definition) is 2. The first kappa shape index (κ1) is 14.4. The summed E-state index contributed by atoms with van der Waals surface area (Å²) in [6, 6.07) is 4.39. The van der Waals surface area contributed by atoms with Gasteiger partial charge in [0, 0.05) is 18.8 Å². The Morgan fingerprint density at radius 1 is 1.35 bits per heavy atom. The first-order chi connectivity index (χ1) is 8.10. The van der Waals surface area contributed by atoms with E-state index in [2.05, 4.69) is 50.8 Å². The molecule has 3 heteroatoms. The summed E-state index contributed by atoms with van der Waals surface area (Å²) < 4.78 is 5.44. The van der Waals surface area contributed by atoms with Gasteiger partial charge >= 0.3 is 0 Å². The van der Waals surface area contributed by atoms with Crippen LogP contribution in [0.15, 0.2) is 12.1 Å². The van der Waals surface area contributed by atoms with Crippen molar-refractivity contribution in [3.05, 3.63) is 28.8 Å². The Balaban J connectivity index is 2.94. The Morgan fingerprint density at radius 3 is 2.59 bits per heavy atom. The van der Waals surface area contributed by atoms with Gasteiger partial charge in [0.25, 0.3) is 0 Å². The van der Waals surface area contributed by atoms with E-state index in [4.69, 9.17) is 4.74 Å². The van der Waals surface area contributed by atoms with Crippen molar-refractivity contribution in [1.29, 1.82) is 0 Å². The van der Waals surface area contributed by atoms with Gasteiger partial charge in [0.1, 0.15) is 5.75 Å². The number of rotatable bonds is 6. The van der Waals surface area contributed by atoms with Gasteiger partial charge in [0.2, 0.25) is 0 Å². The molecule has 1 aromatic rings. The van der Waals surface area contributed by atoms with Gasteiger partial charge in [-0.2, -0.15) is 12.6 Å². The largest absolute Gasteiger partial charge is 0.496 e. The first-order valence-electron chi connectivity index (χ1n) is 6.09. The maximum absolute atomic E-state index is 5.44. The standard InChI is InChI=1S/C14H23NOS/c1-10(2)13-8-12(9-15-5-6-17)11(3)7-14(13)16-4/h7-8,10,15,17H,5-6,9H2,1-4H3. The van der Waals surface area contributed by atoms with Crippen molar-refractivity contribution in [3.8, 4) is 5.75 Å². The highest BCUT2D eigenvalue weighted by Crippen LogP contribution is 2.29. The number of aryl methyl sites for hydroxylation is 1. The molecule has 0 aromatic heterocycles. The van der Waals surface area contributed by atoms with Crippen LogP contribution in [-0.2, 0) is 6.54 Å². The fourth-order valence-corrected chi connectivity index (χ4v) is 2.02. The molecule has 1 N–H and O–H groups in total. The summed E-state index contributed by atoms with van der Waals surface area (Å²) >= 11 is 4.19. The fraction of sp³-hybridized carbons (Fsp3) is 0.571. The zero-order valence-electron chi connectivity index (χ0n) is 11.2. The highest BCUT2D eigenvalue weighted by atomic mass is 32.1. The molecule has 96 valence electrons. The van der Waals surface area contributed by atoms with Gasteiger partial charge in [0.05, 0.1) is 7.11 Å². The third-order valence-electron chi connectivity index (χ3n) is 2.91. The number of benzene rings is 1. The summed E-state index contributed by atoms with van der Waals surface area (Å²) in [6.07, 6.45) is 0. The average molecular weight is 253 g/mol. The van der Waals surface area contributed by atoms with Crippen LogP contribution in [0, 0.1) is 6.92 Å². The predicted molar refractivity (Wildman–Crippen MR) is 77.4 cm³/mol. The summed E-state index contributed by atoms with van der Waals surface area (Å²) in [5, 5.41) is 3.38. The van der Waals surface area contributed by atoms with E-state index in [1.807, 2.05) is 0 Å². The van der Waals surface area contributed by atoms with Crippen molar-refractivity contribution in [2.24, 2.45) is 0 Å². The molecule has 0 amide bonds. The molecule has 17 heavy (non-hydrogen) atoms. The minimum absolute atomic E-state index is 0.481. The van der Waals surface area contributed by atoms with Crippen molar-refractivity contribution >= 4 is 12.6 Å². The molecule has 0 atom stereocenters. The molecule has 1 aromatic carbocycles. The van der Waals surface area contributed by atoms with Gasteiger partial charge in [-0.3, -0.25) is 0 Å². The molecular formula is C14H23NOS. The lowest BCUT2D eigenvalue weighted by atomic mass is 9.96. The van der Waals surface area contributed by atoms with Gasteiger partial charge in [-0.15, -0.1) is 0 Å². The maximum atomic E-state index is 5.44. The molecule has 2 nitrogen and oxygen atoms in total. The smallest absolute Gasteiger partial charge is 0.122 e. The topological polar surface area (TPSA) is 21.3 Å². The molecule has 0 saturated heterocycles. The summed E-state index contributed by atoms with van der Waals surface area (Å²) in [7, 11) is 1.74. The molecule has 0 aliphatic heterocycles. The lowest BCUT2D eigenvalue weighted by Gasteiger charge is -2.16. The van der Waals surface area contributed by atoms with Crippen LogP contribution in [0.2, 0.25) is 0 Å². The van der Waals surface area contributed by atoms with E-state index in [1.165, 1.54) is 16.7 Å². The Bertz CT molecular complexity index is 363. The van der Waals surface area contributed by atoms with Crippen LogP contribution in [0.3, 0.4) is 0 Å². The molecule has 1 rings (SSSR count). The molecule has 0 radical (unpaired) electrons. The second-order valence-electron chi connectivity index (χ2n) is 4.58. The third-order valence-corrected chi connectivity index (χ3v) is 3.14. The SMILES string of the molecule is COc1cc(C)c(CNCCS)cc1C(C)C. The average Bonchev–Trinajstić information content (AvgIpc) is 2.30. The van der Waals surface area contributed by atoms with Crippen LogP contribution >= 0.6 is 12.6 Å². The van der Waals surface area contributed by atoms with E-state index >= 15 is 0 Å². The highest BCUT2D eigenvalue weighted by molar-refractivity contribution is 7.80. The second-order valence-corrected chi connectivity index (χ2v) is 5.02. The van der Waals surface area contributed by atoms with Crippen molar-refractivity contribution in [2.45, 2.75) is 33.2 Å². The van der Waals surface area contributed by atoms with E-state index in [0.717, 1.165) is 24.6 Å². The maximum Gasteiger partial charge on any atom is 0.122 e. The summed E-state index contributed by atoms with van der Waals surface area (Å²) in [6.45, 7) is 8.35. The fourth-order valence-electron chi connectivity index (χ4n) is 1.87. The van der Waals surface area contributed by atoms with E-state index in [9.17, 15) is 0 Å². The van der Waals surface area contributed by atoms with Crippen LogP contribution in [0.1, 0.15) is 36.5 Å². The van der Waals surface area contributed by atoms with Gasteiger partial charge < -0.3 is 10.1 Å². The predicted octanol–water partition coefficient (Wildman–Crippen LogP) is 3.15. The van der Waals surface area contributed by atoms with Crippen molar-refractivity contribution < 1.29 is 4.74 Å². The lowest BCUT2D eigenvalue weighted by Crippen LogP contribution is -2.16. The summed E-state index contributed by atoms with van der Waals surface area (Å²) in [4.78, 5) is 0. The van der Waals surface area contributed by atoms with Gasteiger partial charge in [-0.25, -0.2) is 0 Å². The Morgan fingerprint density at radius 2 is 2.06 bits per heavy atom. The Kier molecular flexibility index (Phi) is 5.86. The number of ether oxygens (including phenoxy) is 1.